The molecule has 4 aromatic heterocycles. The Balaban J connectivity index is 1.19. The van der Waals surface area contributed by atoms with Crippen LogP contribution in [0.25, 0.3) is 22.3 Å². The average Bonchev–Trinajstić information content (AvgIpc) is 3.72. The molecule has 7 rings (SSSR count). The van der Waals surface area contributed by atoms with Gasteiger partial charge in [0.15, 0.2) is 41.0 Å². The van der Waals surface area contributed by atoms with E-state index in [1.807, 2.05) is 0 Å². The number of hydrogen-bond acceptors (Lipinski definition) is 16. The third-order valence-corrected chi connectivity index (χ3v) is 10.2. The fraction of sp³-hybridized carbons (Fsp3) is 0.526. The van der Waals surface area contributed by atoms with Gasteiger partial charge in [-0.2, -0.15) is 9.67 Å². The van der Waals surface area contributed by atoms with Gasteiger partial charge in [0.05, 0.1) is 32.0 Å². The van der Waals surface area contributed by atoms with Crippen molar-refractivity contribution in [2.45, 2.75) is 49.5 Å². The summed E-state index contributed by atoms with van der Waals surface area (Å²) in [5.41, 5.74) is 4.24. The summed E-state index contributed by atoms with van der Waals surface area (Å²) in [6.07, 6.45) is -7.24. The predicted molar refractivity (Wildman–Crippen MR) is 151 cm³/mol. The van der Waals surface area contributed by atoms with Crippen LogP contribution in [0.2, 0.25) is 0 Å². The molecule has 2 bridgehead atoms. The van der Waals surface area contributed by atoms with Crippen molar-refractivity contribution in [2.24, 2.45) is 0 Å². The van der Waals surface area contributed by atoms with Gasteiger partial charge in [0.2, 0.25) is 5.95 Å². The van der Waals surface area contributed by atoms with Gasteiger partial charge in [-0.05, 0) is 11.8 Å². The fourth-order valence-electron chi connectivity index (χ4n) is 5.12. The molecular weight excluding hydrogens is 673 g/mol. The molecule has 0 saturated carbocycles. The second-order valence-electron chi connectivity index (χ2n) is 9.85. The number of halogens is 1. The number of nitrogen functional groups attached to an aromatic ring is 1. The monoisotopic (exact) mass is 694 g/mol. The normalized spacial score (nSPS) is 36.6. The molecule has 236 valence electrons. The number of aromatic amines is 2. The smallest absolute Gasteiger partial charge is 0.369 e. The molecule has 44 heavy (non-hydrogen) atoms. The summed E-state index contributed by atoms with van der Waals surface area (Å²) in [6.45, 7) is -9.41. The highest BCUT2D eigenvalue weighted by Gasteiger charge is 2.52. The van der Waals surface area contributed by atoms with E-state index in [-0.39, 0.29) is 41.3 Å². The fourth-order valence-corrected chi connectivity index (χ4v) is 8.07. The highest BCUT2D eigenvalue weighted by Crippen LogP contribution is 2.58. The summed E-state index contributed by atoms with van der Waals surface area (Å²) in [5, 5.41) is 7.51. The first-order valence-corrected chi connectivity index (χ1v) is 17.9. The Labute approximate surface area is 253 Å². The summed E-state index contributed by atoms with van der Waals surface area (Å²) in [6, 6.07) is 0. The molecule has 3 aliphatic heterocycles. The van der Waals surface area contributed by atoms with E-state index in [2.05, 4.69) is 47.5 Å². The molecule has 3 saturated heterocycles. The number of anilines is 1. The van der Waals surface area contributed by atoms with E-state index in [1.54, 1.807) is 0 Å². The average molecular weight is 695 g/mol. The zero-order chi connectivity index (χ0) is 31.0. The molecule has 9 atom stereocenters. The quantitative estimate of drug-likeness (QED) is 0.135. The second-order valence-corrected chi connectivity index (χ2v) is 15.5. The number of thiol groups is 1. The number of nitrogens with zero attached hydrogens (tertiary/aromatic N) is 7. The van der Waals surface area contributed by atoms with Crippen LogP contribution >= 0.6 is 25.8 Å². The molecule has 7 heterocycles. The van der Waals surface area contributed by atoms with E-state index in [9.17, 15) is 19.0 Å². The molecule has 0 radical (unpaired) electrons. The maximum absolute atomic E-state index is 15.9. The SMILES string of the molecule is Nc1nc2c(ncn2[C@@H]2O[C@@H]3COP(=O)(S)O[C@H]4[C@H](F)[C@H](n5nnc6c(=O)[nH]cnc65)O[C@@H]4COP(O)(=S)O[C@@H]2C3)c(=O)[nH]1. The van der Waals surface area contributed by atoms with Gasteiger partial charge in [0.25, 0.3) is 11.1 Å². The zero-order valence-electron chi connectivity index (χ0n) is 21.8. The predicted octanol–water partition coefficient (Wildman–Crippen LogP) is -0.175. The van der Waals surface area contributed by atoms with Crippen molar-refractivity contribution in [2.75, 3.05) is 18.9 Å². The summed E-state index contributed by atoms with van der Waals surface area (Å²) in [4.78, 5) is 52.2. The lowest BCUT2D eigenvalue weighted by molar-refractivity contribution is -0.0603. The summed E-state index contributed by atoms with van der Waals surface area (Å²) in [5.74, 6) is -0.178. The number of imidazole rings is 1. The van der Waals surface area contributed by atoms with E-state index in [0.717, 1.165) is 11.0 Å². The standard InChI is InChI=1S/C19H21FN10O10P2S2/c20-9-12-8(38-18(9)30-13-11(27-28-30)15(31)23-4-22-13)3-36-41(33,43)39-7-1-6(2-35-42(34,44)40-12)37-17(7)29-5-24-10-14(29)25-19(21)26-16(10)32/h4-9,12,17-18H,1-3H2,(H,33,43)(H,34,44)(H,22,23,31)(H3,21,25,26,32)/t6-,7+,8+,9-,12+,17+,18+,41?,42?/m0/s1. The minimum atomic E-state index is -4.31. The first-order valence-electron chi connectivity index (χ1n) is 12.7. The van der Waals surface area contributed by atoms with Crippen molar-refractivity contribution in [3.63, 3.8) is 0 Å². The topological polar surface area (TPSA) is 259 Å². The van der Waals surface area contributed by atoms with E-state index in [4.69, 9.17) is 45.1 Å². The van der Waals surface area contributed by atoms with Crippen LogP contribution in [0.4, 0.5) is 10.3 Å². The van der Waals surface area contributed by atoms with Gasteiger partial charge < -0.3 is 34.1 Å². The molecule has 25 heteroatoms. The minimum Gasteiger partial charge on any atom is -0.369 e. The summed E-state index contributed by atoms with van der Waals surface area (Å²) >= 11 is 9.26. The van der Waals surface area contributed by atoms with Crippen LogP contribution < -0.4 is 16.9 Å². The van der Waals surface area contributed by atoms with Crippen molar-refractivity contribution in [1.29, 1.82) is 0 Å². The Morgan fingerprint density at radius 2 is 1.91 bits per heavy atom. The first-order chi connectivity index (χ1) is 20.9. The van der Waals surface area contributed by atoms with Crippen LogP contribution in [-0.2, 0) is 43.9 Å². The van der Waals surface area contributed by atoms with Gasteiger partial charge in [-0.25, -0.2) is 18.9 Å². The Bertz CT molecular complexity index is 1970. The van der Waals surface area contributed by atoms with Crippen LogP contribution in [-0.4, -0.2) is 93.2 Å². The van der Waals surface area contributed by atoms with E-state index >= 15 is 4.39 Å². The molecule has 0 aliphatic carbocycles. The first kappa shape index (κ1) is 30.0. The van der Waals surface area contributed by atoms with Gasteiger partial charge in [0.1, 0.15) is 18.3 Å². The second kappa shape index (κ2) is 11.0. The molecule has 0 spiro atoms. The number of nitrogens with one attached hydrogen (secondary N) is 2. The highest BCUT2D eigenvalue weighted by molar-refractivity contribution is 8.44. The van der Waals surface area contributed by atoms with Crippen LogP contribution in [0.3, 0.4) is 0 Å². The number of H-pyrrole nitrogens is 2. The molecule has 4 aromatic rings. The van der Waals surface area contributed by atoms with E-state index < -0.39 is 74.3 Å². The van der Waals surface area contributed by atoms with Gasteiger partial charge in [0, 0.05) is 6.42 Å². The Hall–Kier alpha value is -2.69. The van der Waals surface area contributed by atoms with Crippen molar-refractivity contribution in [1.82, 2.24) is 44.5 Å². The number of rotatable bonds is 2. The number of ether oxygens (including phenoxy) is 2. The number of nitrogens with two attached hydrogens (primary N) is 1. The lowest BCUT2D eigenvalue weighted by Gasteiger charge is -2.27. The molecule has 3 fully saturated rings. The van der Waals surface area contributed by atoms with Crippen LogP contribution in [0.5, 0.6) is 0 Å². The number of fused-ring (bicyclic) bond motifs is 5. The summed E-state index contributed by atoms with van der Waals surface area (Å²) < 4.78 is 65.6. The molecule has 0 aromatic carbocycles. The highest BCUT2D eigenvalue weighted by atomic mass is 32.7. The molecule has 3 aliphatic rings. The number of alkyl halides is 1. The third-order valence-electron chi connectivity index (χ3n) is 6.99. The zero-order valence-corrected chi connectivity index (χ0v) is 25.3. The molecular formula is C19H21FN10O10P2S2. The largest absolute Gasteiger partial charge is 0.386 e. The maximum atomic E-state index is 15.9. The van der Waals surface area contributed by atoms with Crippen LogP contribution in [0.1, 0.15) is 18.9 Å². The van der Waals surface area contributed by atoms with Crippen molar-refractivity contribution in [3.8, 4) is 0 Å². The van der Waals surface area contributed by atoms with Gasteiger partial charge in [-0.1, -0.05) is 17.5 Å². The van der Waals surface area contributed by atoms with Crippen molar-refractivity contribution >= 4 is 65.8 Å². The Morgan fingerprint density at radius 3 is 2.73 bits per heavy atom. The molecule has 20 nitrogen and oxygen atoms in total. The molecule has 5 N–H and O–H groups in total. The molecule has 2 unspecified atom stereocenters. The van der Waals surface area contributed by atoms with Gasteiger partial charge in [-0.3, -0.25) is 28.2 Å². The van der Waals surface area contributed by atoms with Crippen molar-refractivity contribution in [3.05, 3.63) is 33.4 Å². The number of hydrogen-bond donors (Lipinski definition) is 5. The Morgan fingerprint density at radius 1 is 1.09 bits per heavy atom. The third kappa shape index (κ3) is 5.41. The van der Waals surface area contributed by atoms with E-state index in [1.165, 1.54) is 10.9 Å². The Kier molecular flexibility index (Phi) is 7.49. The minimum absolute atomic E-state index is 0.0295. The lowest BCUT2D eigenvalue weighted by Crippen LogP contribution is -2.34. The van der Waals surface area contributed by atoms with Gasteiger partial charge in [-0.15, -0.1) is 5.10 Å². The van der Waals surface area contributed by atoms with E-state index in [0.29, 0.717) is 0 Å². The molecule has 0 amide bonds. The maximum Gasteiger partial charge on any atom is 0.386 e. The van der Waals surface area contributed by atoms with Crippen LogP contribution in [0, 0.1) is 0 Å². The number of aromatic nitrogens is 9. The van der Waals surface area contributed by atoms with Crippen molar-refractivity contribution < 1.29 is 41.4 Å². The summed E-state index contributed by atoms with van der Waals surface area (Å²) in [7, 11) is 0. The lowest BCUT2D eigenvalue weighted by atomic mass is 10.1. The van der Waals surface area contributed by atoms with Crippen LogP contribution in [0.15, 0.2) is 22.2 Å². The van der Waals surface area contributed by atoms with Gasteiger partial charge >= 0.3 is 13.5 Å².